The molecule has 108 valence electrons. The van der Waals surface area contributed by atoms with Crippen LogP contribution in [-0.4, -0.2) is 35.4 Å². The normalized spacial score (nSPS) is 9.90. The monoisotopic (exact) mass is 280 g/mol. The summed E-state index contributed by atoms with van der Waals surface area (Å²) in [5.41, 5.74) is 0.601. The first-order chi connectivity index (χ1) is 9.32. The van der Waals surface area contributed by atoms with E-state index < -0.39 is 11.9 Å². The number of benzene rings is 1. The molecule has 0 saturated heterocycles. The number of aryl methyl sites for hydroxylation is 1. The molecule has 0 aliphatic rings. The van der Waals surface area contributed by atoms with Gasteiger partial charge in [0.25, 0.3) is 0 Å². The standard InChI is InChI=1S/C14H16O6/c1-8(2)13(17)19-4-5-20-14(18)12-9(3)6-10(15)7-11(12)16/h6-7,15-16H,1,4-5H2,2-3H3. The predicted octanol–water partition coefficient (Wildman–Crippen LogP) is 1.68. The lowest BCUT2D eigenvalue weighted by molar-refractivity contribution is -0.140. The van der Waals surface area contributed by atoms with Crippen LogP contribution in [0.3, 0.4) is 0 Å². The smallest absolute Gasteiger partial charge is 0.342 e. The summed E-state index contributed by atoms with van der Waals surface area (Å²) in [6, 6.07) is 2.38. The first-order valence-corrected chi connectivity index (χ1v) is 5.85. The molecule has 0 fully saturated rings. The van der Waals surface area contributed by atoms with Crippen LogP contribution in [0.5, 0.6) is 11.5 Å². The fraction of sp³-hybridized carbons (Fsp3) is 0.286. The second kappa shape index (κ2) is 6.60. The maximum Gasteiger partial charge on any atom is 0.342 e. The number of aromatic hydroxyl groups is 2. The van der Waals surface area contributed by atoms with E-state index in [4.69, 9.17) is 9.47 Å². The summed E-state index contributed by atoms with van der Waals surface area (Å²) in [6.45, 7) is 6.22. The van der Waals surface area contributed by atoms with Crippen molar-refractivity contribution in [3.8, 4) is 11.5 Å². The molecule has 0 unspecified atom stereocenters. The molecular formula is C14H16O6. The quantitative estimate of drug-likeness (QED) is 0.484. The molecule has 0 atom stereocenters. The number of carbonyl (C=O) groups is 2. The lowest BCUT2D eigenvalue weighted by Gasteiger charge is -2.09. The molecule has 0 radical (unpaired) electrons. The molecule has 1 aromatic carbocycles. The molecule has 0 saturated carbocycles. The first-order valence-electron chi connectivity index (χ1n) is 5.85. The Hall–Kier alpha value is -2.50. The number of esters is 2. The molecule has 0 heterocycles. The lowest BCUT2D eigenvalue weighted by Crippen LogP contribution is -2.15. The minimum atomic E-state index is -0.758. The van der Waals surface area contributed by atoms with E-state index in [2.05, 4.69) is 6.58 Å². The molecule has 0 bridgehead atoms. The minimum absolute atomic E-state index is 0.0333. The van der Waals surface area contributed by atoms with Crippen molar-refractivity contribution >= 4 is 11.9 Å². The maximum absolute atomic E-state index is 11.8. The van der Waals surface area contributed by atoms with Gasteiger partial charge in [0.15, 0.2) is 0 Å². The molecule has 6 heteroatoms. The van der Waals surface area contributed by atoms with Gasteiger partial charge < -0.3 is 19.7 Å². The van der Waals surface area contributed by atoms with Gasteiger partial charge in [0.2, 0.25) is 0 Å². The van der Waals surface area contributed by atoms with Gasteiger partial charge in [0.1, 0.15) is 30.3 Å². The van der Waals surface area contributed by atoms with Crippen LogP contribution < -0.4 is 0 Å². The van der Waals surface area contributed by atoms with Gasteiger partial charge in [-0.15, -0.1) is 0 Å². The van der Waals surface area contributed by atoms with Crippen LogP contribution in [0.4, 0.5) is 0 Å². The van der Waals surface area contributed by atoms with Crippen molar-refractivity contribution in [2.75, 3.05) is 13.2 Å². The zero-order valence-corrected chi connectivity index (χ0v) is 11.3. The van der Waals surface area contributed by atoms with Gasteiger partial charge in [-0.25, -0.2) is 9.59 Å². The third-order valence-corrected chi connectivity index (χ3v) is 2.40. The number of hydrogen-bond donors (Lipinski definition) is 2. The topological polar surface area (TPSA) is 93.1 Å². The average Bonchev–Trinajstić information content (AvgIpc) is 2.32. The number of ether oxygens (including phenoxy) is 2. The van der Waals surface area contributed by atoms with Crippen molar-refractivity contribution in [2.45, 2.75) is 13.8 Å². The molecule has 0 aromatic heterocycles. The Labute approximate surface area is 116 Å². The highest BCUT2D eigenvalue weighted by Gasteiger charge is 2.17. The van der Waals surface area contributed by atoms with Gasteiger partial charge in [-0.3, -0.25) is 0 Å². The van der Waals surface area contributed by atoms with Gasteiger partial charge in [-0.1, -0.05) is 6.58 Å². The molecule has 1 aromatic rings. The Balaban J connectivity index is 2.56. The summed E-state index contributed by atoms with van der Waals surface area (Å²) in [5.74, 6) is -1.84. The number of hydrogen-bond acceptors (Lipinski definition) is 6. The Morgan fingerprint density at radius 3 is 2.35 bits per heavy atom. The highest BCUT2D eigenvalue weighted by Crippen LogP contribution is 2.27. The predicted molar refractivity (Wildman–Crippen MR) is 70.6 cm³/mol. The van der Waals surface area contributed by atoms with Gasteiger partial charge >= 0.3 is 11.9 Å². The SMILES string of the molecule is C=C(C)C(=O)OCCOC(=O)c1c(C)cc(O)cc1O. The summed E-state index contributed by atoms with van der Waals surface area (Å²) in [4.78, 5) is 22.8. The fourth-order valence-corrected chi connectivity index (χ4v) is 1.48. The first kappa shape index (κ1) is 15.6. The van der Waals surface area contributed by atoms with Crippen molar-refractivity contribution in [3.05, 3.63) is 35.4 Å². The zero-order chi connectivity index (χ0) is 15.3. The summed E-state index contributed by atoms with van der Waals surface area (Å²) >= 11 is 0. The van der Waals surface area contributed by atoms with Crippen LogP contribution >= 0.6 is 0 Å². The van der Waals surface area contributed by atoms with E-state index in [9.17, 15) is 19.8 Å². The van der Waals surface area contributed by atoms with Gasteiger partial charge in [0.05, 0.1) is 0 Å². The van der Waals surface area contributed by atoms with E-state index in [0.29, 0.717) is 5.56 Å². The Bertz CT molecular complexity index is 524. The summed E-state index contributed by atoms with van der Waals surface area (Å²) in [5, 5.41) is 18.9. The largest absolute Gasteiger partial charge is 0.508 e. The van der Waals surface area contributed by atoms with E-state index >= 15 is 0 Å². The highest BCUT2D eigenvalue weighted by molar-refractivity contribution is 5.94. The van der Waals surface area contributed by atoms with Gasteiger partial charge in [0, 0.05) is 11.6 Å². The van der Waals surface area contributed by atoms with E-state index in [-0.39, 0.29) is 35.8 Å². The average molecular weight is 280 g/mol. The van der Waals surface area contributed by atoms with E-state index in [1.807, 2.05) is 0 Å². The van der Waals surface area contributed by atoms with Crippen LogP contribution in [0.1, 0.15) is 22.8 Å². The molecule has 0 amide bonds. The summed E-state index contributed by atoms with van der Waals surface area (Å²) in [7, 11) is 0. The second-order valence-corrected chi connectivity index (χ2v) is 4.21. The third-order valence-electron chi connectivity index (χ3n) is 2.40. The maximum atomic E-state index is 11.8. The molecule has 0 spiro atoms. The molecule has 2 N–H and O–H groups in total. The van der Waals surface area contributed by atoms with Crippen molar-refractivity contribution in [2.24, 2.45) is 0 Å². The van der Waals surface area contributed by atoms with E-state index in [0.717, 1.165) is 6.07 Å². The van der Waals surface area contributed by atoms with Crippen LogP contribution in [0.25, 0.3) is 0 Å². The molecule has 0 aliphatic carbocycles. The van der Waals surface area contributed by atoms with Crippen LogP contribution in [-0.2, 0) is 14.3 Å². The number of carbonyl (C=O) groups excluding carboxylic acids is 2. The van der Waals surface area contributed by atoms with Crippen molar-refractivity contribution in [1.82, 2.24) is 0 Å². The third kappa shape index (κ3) is 4.01. The molecular weight excluding hydrogens is 264 g/mol. The lowest BCUT2D eigenvalue weighted by atomic mass is 10.1. The second-order valence-electron chi connectivity index (χ2n) is 4.21. The summed E-state index contributed by atoms with van der Waals surface area (Å²) < 4.78 is 9.62. The highest BCUT2D eigenvalue weighted by atomic mass is 16.6. The molecule has 20 heavy (non-hydrogen) atoms. The minimum Gasteiger partial charge on any atom is -0.508 e. The molecule has 6 nitrogen and oxygen atoms in total. The van der Waals surface area contributed by atoms with Gasteiger partial charge in [-0.2, -0.15) is 0 Å². The van der Waals surface area contributed by atoms with Crippen molar-refractivity contribution in [3.63, 3.8) is 0 Å². The molecule has 0 aliphatic heterocycles. The molecule has 1 rings (SSSR count). The Morgan fingerprint density at radius 2 is 1.80 bits per heavy atom. The zero-order valence-electron chi connectivity index (χ0n) is 11.3. The summed E-state index contributed by atoms with van der Waals surface area (Å²) in [6.07, 6.45) is 0. The number of rotatable bonds is 5. The van der Waals surface area contributed by atoms with Crippen molar-refractivity contribution in [1.29, 1.82) is 0 Å². The van der Waals surface area contributed by atoms with E-state index in [1.165, 1.54) is 13.0 Å². The van der Waals surface area contributed by atoms with Crippen LogP contribution in [0.2, 0.25) is 0 Å². The van der Waals surface area contributed by atoms with Crippen molar-refractivity contribution < 1.29 is 29.3 Å². The van der Waals surface area contributed by atoms with Gasteiger partial charge in [-0.05, 0) is 25.5 Å². The fourth-order valence-electron chi connectivity index (χ4n) is 1.48. The number of phenols is 2. The van der Waals surface area contributed by atoms with E-state index in [1.54, 1.807) is 6.92 Å². The Kier molecular flexibility index (Phi) is 5.14. The number of phenolic OH excluding ortho intramolecular Hbond substituents is 2. The Morgan fingerprint density at radius 1 is 1.20 bits per heavy atom. The van der Waals surface area contributed by atoms with Crippen LogP contribution in [0.15, 0.2) is 24.3 Å². The van der Waals surface area contributed by atoms with Crippen LogP contribution in [0, 0.1) is 6.92 Å².